The Morgan fingerprint density at radius 1 is 1.17 bits per heavy atom. The van der Waals surface area contributed by atoms with Gasteiger partial charge in [0.15, 0.2) is 0 Å². The molecule has 2 aromatic heterocycles. The van der Waals surface area contributed by atoms with Crippen molar-refractivity contribution in [3.63, 3.8) is 0 Å². The number of hydrogen-bond acceptors (Lipinski definition) is 5. The Bertz CT molecular complexity index is 1170. The van der Waals surface area contributed by atoms with Crippen molar-refractivity contribution in [2.45, 2.75) is 19.1 Å². The van der Waals surface area contributed by atoms with Crippen LogP contribution in [0, 0.1) is 5.92 Å². The molecule has 4 aromatic rings. The van der Waals surface area contributed by atoms with Crippen LogP contribution in [0.4, 0.5) is 0 Å². The molecule has 1 aliphatic heterocycles. The summed E-state index contributed by atoms with van der Waals surface area (Å²) in [6, 6.07) is 17.6. The number of aromatic nitrogens is 3. The molecule has 2 atom stereocenters. The number of imidazole rings is 1. The Kier molecular flexibility index (Phi) is 4.85. The Labute approximate surface area is 174 Å². The van der Waals surface area contributed by atoms with Crippen LogP contribution in [0.25, 0.3) is 11.0 Å². The Hall–Kier alpha value is -3.38. The maximum atomic E-state index is 11.0. The predicted molar refractivity (Wildman–Crippen MR) is 113 cm³/mol. The fourth-order valence-electron chi connectivity index (χ4n) is 3.99. The molecule has 6 nitrogen and oxygen atoms in total. The molecule has 1 N–H and O–H groups in total. The molecule has 0 amide bonds. The highest BCUT2D eigenvalue weighted by atomic mass is 16.5. The zero-order valence-corrected chi connectivity index (χ0v) is 16.7. The summed E-state index contributed by atoms with van der Waals surface area (Å²) in [5.41, 5.74) is 3.87. The summed E-state index contributed by atoms with van der Waals surface area (Å²) in [6.07, 6.45) is 3.67. The van der Waals surface area contributed by atoms with Gasteiger partial charge >= 0.3 is 0 Å². The number of benzene rings is 2. The quantitative estimate of drug-likeness (QED) is 0.550. The molecule has 152 valence electrons. The smallest absolute Gasteiger partial charge is 0.147 e. The maximum Gasteiger partial charge on any atom is 0.147 e. The molecule has 6 heteroatoms. The van der Waals surface area contributed by atoms with E-state index in [4.69, 9.17) is 9.47 Å². The lowest BCUT2D eigenvalue weighted by molar-refractivity contribution is 0.0504. The van der Waals surface area contributed by atoms with E-state index in [0.717, 1.165) is 28.0 Å². The Balaban J connectivity index is 1.33. The van der Waals surface area contributed by atoms with E-state index in [-0.39, 0.29) is 5.92 Å². The monoisotopic (exact) mass is 401 g/mol. The zero-order valence-electron chi connectivity index (χ0n) is 16.7. The number of para-hydroxylation sites is 2. The number of aliphatic hydroxyl groups is 1. The first kappa shape index (κ1) is 18.6. The van der Waals surface area contributed by atoms with Gasteiger partial charge in [-0.05, 0) is 48.4 Å². The molecular weight excluding hydrogens is 378 g/mol. The van der Waals surface area contributed by atoms with Gasteiger partial charge < -0.3 is 19.1 Å². The SMILES string of the molecule is Cn1c(COc2ccc3c(c2)[C@@H](O)[C@H](Cc2cccnc2)CO3)nc2ccccc21. The molecule has 5 rings (SSSR count). The summed E-state index contributed by atoms with van der Waals surface area (Å²) in [5, 5.41) is 11.0. The molecule has 3 heterocycles. The number of hydrogen-bond donors (Lipinski definition) is 1. The van der Waals surface area contributed by atoms with Crippen LogP contribution in [0.1, 0.15) is 23.1 Å². The van der Waals surface area contributed by atoms with Crippen molar-refractivity contribution >= 4 is 11.0 Å². The minimum atomic E-state index is -0.617. The molecule has 0 radical (unpaired) electrons. The number of aliphatic hydroxyl groups excluding tert-OH is 1. The van der Waals surface area contributed by atoms with E-state index in [0.29, 0.717) is 31.1 Å². The minimum absolute atomic E-state index is 0.0308. The number of nitrogens with zero attached hydrogens (tertiary/aromatic N) is 3. The minimum Gasteiger partial charge on any atom is -0.493 e. The lowest BCUT2D eigenvalue weighted by atomic mass is 9.88. The summed E-state index contributed by atoms with van der Waals surface area (Å²) < 4.78 is 14.0. The predicted octanol–water partition coefficient (Wildman–Crippen LogP) is 3.83. The third-order valence-corrected chi connectivity index (χ3v) is 5.67. The van der Waals surface area contributed by atoms with E-state index in [1.165, 1.54) is 0 Å². The summed E-state index contributed by atoms with van der Waals surface area (Å²) in [6.45, 7) is 0.823. The number of ether oxygens (including phenoxy) is 2. The molecule has 1 aliphatic rings. The van der Waals surface area contributed by atoms with Gasteiger partial charge in [-0.1, -0.05) is 18.2 Å². The van der Waals surface area contributed by atoms with Crippen LogP contribution in [-0.4, -0.2) is 26.2 Å². The first-order valence-corrected chi connectivity index (χ1v) is 10.1. The number of aryl methyl sites for hydroxylation is 1. The van der Waals surface area contributed by atoms with Crippen molar-refractivity contribution in [2.24, 2.45) is 13.0 Å². The van der Waals surface area contributed by atoms with Crippen molar-refractivity contribution in [3.8, 4) is 11.5 Å². The van der Waals surface area contributed by atoms with Gasteiger partial charge in [-0.3, -0.25) is 4.98 Å². The van der Waals surface area contributed by atoms with Gasteiger partial charge in [0.05, 0.1) is 23.7 Å². The molecule has 2 aromatic carbocycles. The standard InChI is InChI=1S/C24H23N3O3/c1-27-21-7-3-2-6-20(21)26-23(27)15-29-18-8-9-22-19(12-18)24(28)17(14-30-22)11-16-5-4-10-25-13-16/h2-10,12-13,17,24,28H,11,14-15H2,1H3/t17-,24+/m1/s1. The largest absolute Gasteiger partial charge is 0.493 e. The number of pyridine rings is 1. The highest BCUT2D eigenvalue weighted by Gasteiger charge is 2.30. The van der Waals surface area contributed by atoms with Crippen LogP contribution < -0.4 is 9.47 Å². The number of fused-ring (bicyclic) bond motifs is 2. The van der Waals surface area contributed by atoms with Gasteiger partial charge in [-0.2, -0.15) is 0 Å². The second kappa shape index (κ2) is 7.80. The van der Waals surface area contributed by atoms with Gasteiger partial charge in [-0.25, -0.2) is 4.98 Å². The number of rotatable bonds is 5. The molecule has 0 saturated carbocycles. The average molecular weight is 401 g/mol. The topological polar surface area (TPSA) is 69.4 Å². The fraction of sp³-hybridized carbons (Fsp3) is 0.250. The summed E-state index contributed by atoms with van der Waals surface area (Å²) in [5.74, 6) is 2.21. The average Bonchev–Trinajstić information content (AvgIpc) is 3.11. The normalized spacial score (nSPS) is 18.1. The zero-order chi connectivity index (χ0) is 20.5. The maximum absolute atomic E-state index is 11.0. The second-order valence-electron chi connectivity index (χ2n) is 7.65. The van der Waals surface area contributed by atoms with Gasteiger partial charge in [0.25, 0.3) is 0 Å². The fourth-order valence-corrected chi connectivity index (χ4v) is 3.99. The van der Waals surface area contributed by atoms with Gasteiger partial charge in [0.1, 0.15) is 23.9 Å². The summed E-state index contributed by atoms with van der Waals surface area (Å²) in [7, 11) is 1.99. The van der Waals surface area contributed by atoms with Crippen molar-refractivity contribution in [1.29, 1.82) is 0 Å². The van der Waals surface area contributed by atoms with E-state index in [1.807, 2.05) is 72.4 Å². The van der Waals surface area contributed by atoms with E-state index in [2.05, 4.69) is 9.97 Å². The molecular formula is C24H23N3O3. The highest BCUT2D eigenvalue weighted by molar-refractivity contribution is 5.75. The van der Waals surface area contributed by atoms with Crippen molar-refractivity contribution in [2.75, 3.05) is 6.61 Å². The highest BCUT2D eigenvalue weighted by Crippen LogP contribution is 2.39. The first-order chi connectivity index (χ1) is 14.7. The first-order valence-electron chi connectivity index (χ1n) is 10.1. The van der Waals surface area contributed by atoms with Crippen molar-refractivity contribution in [1.82, 2.24) is 14.5 Å². The van der Waals surface area contributed by atoms with Crippen LogP contribution >= 0.6 is 0 Å². The van der Waals surface area contributed by atoms with Crippen LogP contribution in [0.2, 0.25) is 0 Å². The molecule has 0 unspecified atom stereocenters. The summed E-state index contributed by atoms with van der Waals surface area (Å²) in [4.78, 5) is 8.81. The third-order valence-electron chi connectivity index (χ3n) is 5.67. The molecule has 0 spiro atoms. The van der Waals surface area contributed by atoms with E-state index in [1.54, 1.807) is 6.20 Å². The summed E-state index contributed by atoms with van der Waals surface area (Å²) >= 11 is 0. The lowest BCUT2D eigenvalue weighted by Gasteiger charge is -2.30. The van der Waals surface area contributed by atoms with Crippen molar-refractivity contribution in [3.05, 3.63) is 83.9 Å². The lowest BCUT2D eigenvalue weighted by Crippen LogP contribution is -2.27. The van der Waals surface area contributed by atoms with Gasteiger partial charge in [0.2, 0.25) is 0 Å². The van der Waals surface area contributed by atoms with E-state index >= 15 is 0 Å². The van der Waals surface area contributed by atoms with Crippen LogP contribution in [0.15, 0.2) is 67.0 Å². The molecule has 0 aliphatic carbocycles. The van der Waals surface area contributed by atoms with E-state index < -0.39 is 6.10 Å². The van der Waals surface area contributed by atoms with Crippen LogP contribution in [-0.2, 0) is 20.1 Å². The molecule has 30 heavy (non-hydrogen) atoms. The second-order valence-corrected chi connectivity index (χ2v) is 7.65. The molecule has 0 fully saturated rings. The van der Waals surface area contributed by atoms with Crippen LogP contribution in [0.3, 0.4) is 0 Å². The van der Waals surface area contributed by atoms with Gasteiger partial charge in [0, 0.05) is 30.9 Å². The van der Waals surface area contributed by atoms with Crippen LogP contribution in [0.5, 0.6) is 11.5 Å². The van der Waals surface area contributed by atoms with Gasteiger partial charge in [-0.15, -0.1) is 0 Å². The molecule has 0 saturated heterocycles. The van der Waals surface area contributed by atoms with E-state index in [9.17, 15) is 5.11 Å². The third kappa shape index (κ3) is 3.50. The Morgan fingerprint density at radius 3 is 2.90 bits per heavy atom. The Morgan fingerprint density at radius 2 is 2.07 bits per heavy atom. The molecule has 0 bridgehead atoms. The van der Waals surface area contributed by atoms with Crippen molar-refractivity contribution < 1.29 is 14.6 Å².